The Kier molecular flexibility index (Phi) is 4.82. The minimum Gasteiger partial charge on any atom is -0.481 e. The number of carbonyl (C=O) groups is 2. The van der Waals surface area contributed by atoms with Crippen LogP contribution in [0, 0.1) is 0 Å². The van der Waals surface area contributed by atoms with E-state index in [0.717, 1.165) is 26.1 Å². The SMILES string of the molecule is CCC1CN(CCC(=O)O)CCN1C1CN(C)C(=O)O1. The summed E-state index contributed by atoms with van der Waals surface area (Å²) in [5, 5.41) is 8.75. The molecule has 0 spiro atoms. The molecule has 0 saturated carbocycles. The largest absolute Gasteiger partial charge is 0.481 e. The van der Waals surface area contributed by atoms with E-state index in [1.54, 1.807) is 11.9 Å². The Morgan fingerprint density at radius 1 is 1.40 bits per heavy atom. The van der Waals surface area contributed by atoms with E-state index in [4.69, 9.17) is 9.84 Å². The molecule has 0 aliphatic carbocycles. The number of hydrogen-bond donors (Lipinski definition) is 1. The Morgan fingerprint density at radius 2 is 2.15 bits per heavy atom. The van der Waals surface area contributed by atoms with E-state index in [2.05, 4.69) is 16.7 Å². The number of piperazine rings is 1. The van der Waals surface area contributed by atoms with Gasteiger partial charge in [0, 0.05) is 39.3 Å². The predicted molar refractivity (Wildman–Crippen MR) is 72.4 cm³/mol. The second kappa shape index (κ2) is 6.41. The van der Waals surface area contributed by atoms with Gasteiger partial charge in [0.2, 0.25) is 0 Å². The molecular formula is C13H23N3O4. The molecular weight excluding hydrogens is 262 g/mol. The Bertz CT molecular complexity index is 377. The number of carboxylic acid groups (broad SMARTS) is 1. The molecule has 1 amide bonds. The maximum atomic E-state index is 11.5. The number of cyclic esters (lactones) is 1. The monoisotopic (exact) mass is 285 g/mol. The van der Waals surface area contributed by atoms with Crippen LogP contribution in [-0.2, 0) is 9.53 Å². The van der Waals surface area contributed by atoms with E-state index in [1.165, 1.54) is 0 Å². The predicted octanol–water partition coefficient (Wildman–Crippen LogP) is 0.265. The first-order valence-corrected chi connectivity index (χ1v) is 7.13. The van der Waals surface area contributed by atoms with Crippen molar-refractivity contribution in [1.29, 1.82) is 0 Å². The molecule has 114 valence electrons. The van der Waals surface area contributed by atoms with Crippen LogP contribution in [0.5, 0.6) is 0 Å². The van der Waals surface area contributed by atoms with Gasteiger partial charge in [0.25, 0.3) is 0 Å². The average Bonchev–Trinajstić information content (AvgIpc) is 2.75. The van der Waals surface area contributed by atoms with Crippen LogP contribution in [0.2, 0.25) is 0 Å². The molecule has 2 heterocycles. The lowest BCUT2D eigenvalue weighted by molar-refractivity contribution is -0.137. The van der Waals surface area contributed by atoms with Crippen molar-refractivity contribution in [3.8, 4) is 0 Å². The van der Waals surface area contributed by atoms with Crippen LogP contribution in [0.1, 0.15) is 19.8 Å². The summed E-state index contributed by atoms with van der Waals surface area (Å²) in [6, 6.07) is 0.307. The van der Waals surface area contributed by atoms with E-state index < -0.39 is 5.97 Å². The van der Waals surface area contributed by atoms with Gasteiger partial charge in [0.1, 0.15) is 0 Å². The van der Waals surface area contributed by atoms with Crippen LogP contribution < -0.4 is 0 Å². The van der Waals surface area contributed by atoms with Crippen LogP contribution in [0.4, 0.5) is 4.79 Å². The zero-order chi connectivity index (χ0) is 14.7. The quantitative estimate of drug-likeness (QED) is 0.781. The molecule has 0 bridgehead atoms. The summed E-state index contributed by atoms with van der Waals surface area (Å²) in [5.74, 6) is -0.758. The van der Waals surface area contributed by atoms with Gasteiger partial charge in [-0.1, -0.05) is 6.92 Å². The Morgan fingerprint density at radius 3 is 2.70 bits per heavy atom. The van der Waals surface area contributed by atoms with Gasteiger partial charge in [0.15, 0.2) is 6.23 Å². The summed E-state index contributed by atoms with van der Waals surface area (Å²) in [6.45, 7) is 5.76. The maximum Gasteiger partial charge on any atom is 0.411 e. The molecule has 2 saturated heterocycles. The highest BCUT2D eigenvalue weighted by Crippen LogP contribution is 2.21. The number of likely N-dealkylation sites (N-methyl/N-ethyl adjacent to an activating group) is 1. The fourth-order valence-electron chi connectivity index (χ4n) is 2.86. The van der Waals surface area contributed by atoms with Gasteiger partial charge < -0.3 is 14.7 Å². The Balaban J connectivity index is 1.90. The van der Waals surface area contributed by atoms with Crippen LogP contribution in [0.15, 0.2) is 0 Å². The lowest BCUT2D eigenvalue weighted by atomic mass is 10.1. The first-order valence-electron chi connectivity index (χ1n) is 7.13. The highest BCUT2D eigenvalue weighted by molar-refractivity contribution is 5.69. The molecule has 2 aliphatic heterocycles. The minimum absolute atomic E-state index is 0.168. The zero-order valence-electron chi connectivity index (χ0n) is 12.1. The van der Waals surface area contributed by atoms with Crippen molar-refractivity contribution < 1.29 is 19.4 Å². The highest BCUT2D eigenvalue weighted by atomic mass is 16.6. The van der Waals surface area contributed by atoms with Gasteiger partial charge in [-0.3, -0.25) is 14.6 Å². The van der Waals surface area contributed by atoms with Crippen LogP contribution >= 0.6 is 0 Å². The molecule has 0 radical (unpaired) electrons. The zero-order valence-corrected chi connectivity index (χ0v) is 12.1. The summed E-state index contributed by atoms with van der Waals surface area (Å²) < 4.78 is 5.38. The molecule has 7 nitrogen and oxygen atoms in total. The van der Waals surface area contributed by atoms with E-state index in [0.29, 0.717) is 19.1 Å². The molecule has 1 N–H and O–H groups in total. The van der Waals surface area contributed by atoms with Crippen molar-refractivity contribution in [3.63, 3.8) is 0 Å². The van der Waals surface area contributed by atoms with Gasteiger partial charge in [0.05, 0.1) is 13.0 Å². The molecule has 0 aromatic carbocycles. The normalized spacial score (nSPS) is 28.7. The van der Waals surface area contributed by atoms with Crippen molar-refractivity contribution in [1.82, 2.24) is 14.7 Å². The topological polar surface area (TPSA) is 73.3 Å². The number of carboxylic acids is 1. The molecule has 2 aliphatic rings. The van der Waals surface area contributed by atoms with Gasteiger partial charge in [-0.15, -0.1) is 0 Å². The highest BCUT2D eigenvalue weighted by Gasteiger charge is 2.38. The maximum absolute atomic E-state index is 11.5. The van der Waals surface area contributed by atoms with Crippen molar-refractivity contribution in [2.75, 3.05) is 39.8 Å². The minimum atomic E-state index is -0.758. The number of hydrogen-bond acceptors (Lipinski definition) is 5. The van der Waals surface area contributed by atoms with Gasteiger partial charge in [-0.25, -0.2) is 4.79 Å². The van der Waals surface area contributed by atoms with Gasteiger partial charge in [-0.05, 0) is 6.42 Å². The third kappa shape index (κ3) is 3.40. The fourth-order valence-corrected chi connectivity index (χ4v) is 2.86. The Hall–Kier alpha value is -1.34. The van der Waals surface area contributed by atoms with Crippen LogP contribution in [-0.4, -0.2) is 83.9 Å². The van der Waals surface area contributed by atoms with Gasteiger partial charge >= 0.3 is 12.1 Å². The first kappa shape index (κ1) is 15.1. The number of rotatable bonds is 5. The number of nitrogens with zero attached hydrogens (tertiary/aromatic N) is 3. The second-order valence-corrected chi connectivity index (χ2v) is 5.46. The molecule has 2 atom stereocenters. The fraction of sp³-hybridized carbons (Fsp3) is 0.846. The van der Waals surface area contributed by atoms with Crippen molar-refractivity contribution in [3.05, 3.63) is 0 Å². The number of aliphatic carboxylic acids is 1. The summed E-state index contributed by atoms with van der Waals surface area (Å²) in [4.78, 5) is 28.1. The van der Waals surface area contributed by atoms with Crippen molar-refractivity contribution in [2.45, 2.75) is 32.0 Å². The summed E-state index contributed by atoms with van der Waals surface area (Å²) >= 11 is 0. The molecule has 7 heteroatoms. The second-order valence-electron chi connectivity index (χ2n) is 5.46. The average molecular weight is 285 g/mol. The third-order valence-corrected chi connectivity index (χ3v) is 4.07. The number of ether oxygens (including phenoxy) is 1. The summed E-state index contributed by atoms with van der Waals surface area (Å²) in [6.07, 6.45) is 0.705. The first-order chi connectivity index (χ1) is 9.51. The van der Waals surface area contributed by atoms with Crippen LogP contribution in [0.25, 0.3) is 0 Å². The van der Waals surface area contributed by atoms with E-state index in [9.17, 15) is 9.59 Å². The molecule has 20 heavy (non-hydrogen) atoms. The molecule has 0 aromatic heterocycles. The molecule has 2 unspecified atom stereocenters. The van der Waals surface area contributed by atoms with E-state index in [1.807, 2.05) is 0 Å². The lowest BCUT2D eigenvalue weighted by Crippen LogP contribution is -2.57. The summed E-state index contributed by atoms with van der Waals surface area (Å²) in [5.41, 5.74) is 0. The van der Waals surface area contributed by atoms with Gasteiger partial charge in [-0.2, -0.15) is 0 Å². The van der Waals surface area contributed by atoms with E-state index in [-0.39, 0.29) is 18.7 Å². The molecule has 2 rings (SSSR count). The summed E-state index contributed by atoms with van der Waals surface area (Å²) in [7, 11) is 1.74. The van der Waals surface area contributed by atoms with Crippen molar-refractivity contribution in [2.24, 2.45) is 0 Å². The molecule has 2 fully saturated rings. The molecule has 0 aromatic rings. The standard InChI is InChI=1S/C13H23N3O4/c1-3-10-8-15(5-4-12(17)18)6-7-16(10)11-9-14(2)13(19)20-11/h10-11H,3-9H2,1-2H3,(H,17,18). The lowest BCUT2D eigenvalue weighted by Gasteiger charge is -2.42. The van der Waals surface area contributed by atoms with Crippen molar-refractivity contribution >= 4 is 12.1 Å². The smallest absolute Gasteiger partial charge is 0.411 e. The van der Waals surface area contributed by atoms with E-state index >= 15 is 0 Å². The third-order valence-electron chi connectivity index (χ3n) is 4.07. The van der Waals surface area contributed by atoms with Crippen LogP contribution in [0.3, 0.4) is 0 Å². The number of amides is 1. The number of carbonyl (C=O) groups excluding carboxylic acids is 1. The Labute approximate surface area is 119 Å².